The van der Waals surface area contributed by atoms with Crippen molar-refractivity contribution in [1.82, 2.24) is 0 Å². The highest BCUT2D eigenvalue weighted by Crippen LogP contribution is 2.36. The summed E-state index contributed by atoms with van der Waals surface area (Å²) in [6.07, 6.45) is 21.2. The van der Waals surface area contributed by atoms with Crippen molar-refractivity contribution in [2.24, 2.45) is 17.8 Å². The normalized spacial score (nSPS) is 32.5. The average molecular weight is 305 g/mol. The third-order valence-corrected chi connectivity index (χ3v) is 5.97. The zero-order valence-electron chi connectivity index (χ0n) is 14.5. The summed E-state index contributed by atoms with van der Waals surface area (Å²) in [5, 5.41) is 0. The second-order valence-electron chi connectivity index (χ2n) is 7.59. The van der Waals surface area contributed by atoms with Crippen molar-refractivity contribution in [2.45, 2.75) is 83.2 Å². The van der Waals surface area contributed by atoms with E-state index in [1.807, 2.05) is 6.08 Å². The Morgan fingerprint density at radius 1 is 0.682 bits per heavy atom. The van der Waals surface area contributed by atoms with E-state index < -0.39 is 0 Å². The predicted molar refractivity (Wildman–Crippen MR) is 96.0 cm³/mol. The lowest BCUT2D eigenvalue weighted by Gasteiger charge is -2.32. The van der Waals surface area contributed by atoms with Crippen molar-refractivity contribution in [3.8, 4) is 0 Å². The number of ether oxygens (including phenoxy) is 1. The van der Waals surface area contributed by atoms with Crippen LogP contribution in [0.15, 0.2) is 25.3 Å². The largest absolute Gasteiger partial charge is 0.374 e. The van der Waals surface area contributed by atoms with Gasteiger partial charge in [-0.2, -0.15) is 0 Å². The fraction of sp³-hybridized carbons (Fsp3) is 0.810. The van der Waals surface area contributed by atoms with E-state index in [1.54, 1.807) is 0 Å². The summed E-state index contributed by atoms with van der Waals surface area (Å²) >= 11 is 0. The molecule has 2 aliphatic carbocycles. The molecule has 0 bridgehead atoms. The monoisotopic (exact) mass is 304 g/mol. The molecular weight excluding hydrogens is 268 g/mol. The van der Waals surface area contributed by atoms with Gasteiger partial charge in [-0.3, -0.25) is 0 Å². The van der Waals surface area contributed by atoms with Gasteiger partial charge in [0.1, 0.15) is 0 Å². The van der Waals surface area contributed by atoms with E-state index in [0.29, 0.717) is 6.10 Å². The lowest BCUT2D eigenvalue weighted by atomic mass is 9.76. The minimum Gasteiger partial charge on any atom is -0.374 e. The molecule has 22 heavy (non-hydrogen) atoms. The van der Waals surface area contributed by atoms with Gasteiger partial charge in [0.05, 0.1) is 12.7 Å². The maximum absolute atomic E-state index is 5.79. The molecule has 0 aromatic heterocycles. The predicted octanol–water partition coefficient (Wildman–Crippen LogP) is 6.30. The SMILES string of the molecule is C=CCC[C@H]1CC[C@H](CC[C@H]2CC[C@H](OCC=C)CC2)CC1. The Morgan fingerprint density at radius 2 is 1.18 bits per heavy atom. The van der Waals surface area contributed by atoms with E-state index in [4.69, 9.17) is 4.74 Å². The van der Waals surface area contributed by atoms with Crippen LogP contribution in [-0.2, 0) is 4.74 Å². The molecule has 2 saturated carbocycles. The fourth-order valence-corrected chi connectivity index (χ4v) is 4.43. The van der Waals surface area contributed by atoms with Crippen LogP contribution in [0.4, 0.5) is 0 Å². The van der Waals surface area contributed by atoms with Gasteiger partial charge in [-0.25, -0.2) is 0 Å². The molecule has 0 spiro atoms. The van der Waals surface area contributed by atoms with Gasteiger partial charge in [0.2, 0.25) is 0 Å². The second-order valence-corrected chi connectivity index (χ2v) is 7.59. The molecule has 1 heteroatoms. The Bertz CT molecular complexity index is 274. The Hall–Kier alpha value is -0.560. The first-order valence-electron chi connectivity index (χ1n) is 9.65. The summed E-state index contributed by atoms with van der Waals surface area (Å²) < 4.78 is 5.79. The van der Waals surface area contributed by atoms with Crippen LogP contribution in [0, 0.1) is 17.8 Å². The van der Waals surface area contributed by atoms with Crippen LogP contribution in [0.5, 0.6) is 0 Å². The first-order chi connectivity index (χ1) is 10.8. The highest BCUT2D eigenvalue weighted by atomic mass is 16.5. The molecule has 0 radical (unpaired) electrons. The molecule has 0 aromatic rings. The second kappa shape index (κ2) is 10.3. The topological polar surface area (TPSA) is 9.23 Å². The minimum absolute atomic E-state index is 0.509. The Balaban J connectivity index is 1.54. The molecule has 1 nitrogen and oxygen atoms in total. The first-order valence-corrected chi connectivity index (χ1v) is 9.65. The van der Waals surface area contributed by atoms with Crippen LogP contribution in [0.25, 0.3) is 0 Å². The zero-order chi connectivity index (χ0) is 15.6. The molecule has 0 aromatic carbocycles. The van der Waals surface area contributed by atoms with Crippen molar-refractivity contribution in [3.05, 3.63) is 25.3 Å². The summed E-state index contributed by atoms with van der Waals surface area (Å²) in [6, 6.07) is 0. The summed E-state index contributed by atoms with van der Waals surface area (Å²) in [7, 11) is 0. The molecule has 2 rings (SSSR count). The average Bonchev–Trinajstić information content (AvgIpc) is 2.58. The third kappa shape index (κ3) is 6.28. The summed E-state index contributed by atoms with van der Waals surface area (Å²) in [4.78, 5) is 0. The molecule has 0 heterocycles. The van der Waals surface area contributed by atoms with Crippen molar-refractivity contribution >= 4 is 0 Å². The van der Waals surface area contributed by atoms with E-state index in [-0.39, 0.29) is 0 Å². The lowest BCUT2D eigenvalue weighted by molar-refractivity contribution is 0.0326. The molecule has 2 fully saturated rings. The Morgan fingerprint density at radius 3 is 1.68 bits per heavy atom. The highest BCUT2D eigenvalue weighted by molar-refractivity contribution is 4.79. The van der Waals surface area contributed by atoms with Crippen LogP contribution < -0.4 is 0 Å². The van der Waals surface area contributed by atoms with E-state index in [0.717, 1.165) is 24.4 Å². The zero-order valence-corrected chi connectivity index (χ0v) is 14.5. The molecule has 0 saturated heterocycles. The third-order valence-electron chi connectivity index (χ3n) is 5.97. The Labute approximate surface area is 138 Å². The molecule has 0 unspecified atom stereocenters. The molecule has 126 valence electrons. The highest BCUT2D eigenvalue weighted by Gasteiger charge is 2.24. The van der Waals surface area contributed by atoms with Crippen LogP contribution in [0.1, 0.15) is 77.0 Å². The van der Waals surface area contributed by atoms with Gasteiger partial charge in [-0.05, 0) is 56.3 Å². The smallest absolute Gasteiger partial charge is 0.0648 e. The fourth-order valence-electron chi connectivity index (χ4n) is 4.43. The van der Waals surface area contributed by atoms with Gasteiger partial charge < -0.3 is 4.74 Å². The van der Waals surface area contributed by atoms with Crippen LogP contribution in [0.3, 0.4) is 0 Å². The Kier molecular flexibility index (Phi) is 8.30. The molecular formula is C21H36O. The van der Waals surface area contributed by atoms with Crippen molar-refractivity contribution < 1.29 is 4.74 Å². The van der Waals surface area contributed by atoms with E-state index in [9.17, 15) is 0 Å². The summed E-state index contributed by atoms with van der Waals surface area (Å²) in [5.41, 5.74) is 0. The number of rotatable bonds is 9. The summed E-state index contributed by atoms with van der Waals surface area (Å²) in [5.74, 6) is 2.99. The van der Waals surface area contributed by atoms with Gasteiger partial charge >= 0.3 is 0 Å². The standard InChI is InChI=1S/C21H36O/c1-3-5-6-18-7-9-19(10-8-18)11-12-20-13-15-21(16-14-20)22-17-4-2/h3-4,18-21H,1-2,5-17H2/t18-,19-,20-,21-. The van der Waals surface area contributed by atoms with Crippen molar-refractivity contribution in [2.75, 3.05) is 6.61 Å². The van der Waals surface area contributed by atoms with Crippen LogP contribution in [0.2, 0.25) is 0 Å². The molecule has 0 atom stereocenters. The van der Waals surface area contributed by atoms with E-state index in [2.05, 4.69) is 19.2 Å². The van der Waals surface area contributed by atoms with Crippen LogP contribution in [-0.4, -0.2) is 12.7 Å². The van der Waals surface area contributed by atoms with Crippen LogP contribution >= 0.6 is 0 Å². The van der Waals surface area contributed by atoms with Crippen molar-refractivity contribution in [3.63, 3.8) is 0 Å². The molecule has 0 amide bonds. The van der Waals surface area contributed by atoms with E-state index in [1.165, 1.54) is 77.0 Å². The van der Waals surface area contributed by atoms with Gasteiger partial charge in [0.25, 0.3) is 0 Å². The number of allylic oxidation sites excluding steroid dienone is 1. The first kappa shape index (κ1) is 17.8. The van der Waals surface area contributed by atoms with E-state index >= 15 is 0 Å². The summed E-state index contributed by atoms with van der Waals surface area (Å²) in [6.45, 7) is 8.31. The minimum atomic E-state index is 0.509. The van der Waals surface area contributed by atoms with Gasteiger partial charge in [0.15, 0.2) is 0 Å². The lowest BCUT2D eigenvalue weighted by Crippen LogP contribution is -2.22. The quantitative estimate of drug-likeness (QED) is 0.454. The van der Waals surface area contributed by atoms with Gasteiger partial charge in [-0.1, -0.05) is 50.7 Å². The molecule has 0 aliphatic heterocycles. The van der Waals surface area contributed by atoms with Gasteiger partial charge in [0, 0.05) is 0 Å². The molecule has 2 aliphatic rings. The number of hydrogen-bond donors (Lipinski definition) is 0. The maximum Gasteiger partial charge on any atom is 0.0648 e. The molecule has 0 N–H and O–H groups in total. The number of hydrogen-bond acceptors (Lipinski definition) is 1. The maximum atomic E-state index is 5.79. The van der Waals surface area contributed by atoms with Gasteiger partial charge in [-0.15, -0.1) is 13.2 Å². The van der Waals surface area contributed by atoms with Crippen molar-refractivity contribution in [1.29, 1.82) is 0 Å².